The molecule has 1 amide bonds. The van der Waals surface area contributed by atoms with E-state index in [1.165, 1.54) is 4.90 Å². The Bertz CT molecular complexity index is 1590. The molecule has 8 heteroatoms. The van der Waals surface area contributed by atoms with Crippen LogP contribution in [0.15, 0.2) is 76.9 Å². The second-order valence-electron chi connectivity index (χ2n) is 8.67. The van der Waals surface area contributed by atoms with E-state index in [0.717, 1.165) is 43.7 Å². The van der Waals surface area contributed by atoms with E-state index >= 15 is 0 Å². The molecule has 2 aromatic carbocycles. The molecule has 1 aliphatic heterocycles. The maximum Gasteiger partial charge on any atom is 0.239 e. The molecular formula is C26H21N5O2S. The fraction of sp³-hybridized carbons (Fsp3) is 0.154. The Hall–Kier alpha value is -4.04. The number of guanidine groups is 1. The maximum atomic E-state index is 13.5. The molecule has 1 fully saturated rings. The fourth-order valence-electron chi connectivity index (χ4n) is 4.64. The van der Waals surface area contributed by atoms with Crippen molar-refractivity contribution in [2.24, 2.45) is 0 Å². The average molecular weight is 468 g/mol. The number of hydrogen-bond donors (Lipinski definition) is 2. The lowest BCUT2D eigenvalue weighted by Crippen LogP contribution is -2.62. The van der Waals surface area contributed by atoms with Crippen LogP contribution in [0, 0.1) is 5.41 Å². The fourth-order valence-corrected chi connectivity index (χ4v) is 5.69. The molecule has 0 spiro atoms. The second-order valence-corrected chi connectivity index (χ2v) is 9.58. The number of para-hydroxylation sites is 2. The maximum absolute atomic E-state index is 13.5. The number of nitrogens with zero attached hydrogens (tertiary/aromatic N) is 3. The number of thiophene rings is 1. The highest BCUT2D eigenvalue weighted by atomic mass is 32.1. The summed E-state index contributed by atoms with van der Waals surface area (Å²) in [5.41, 5.74) is 4.22. The Morgan fingerprint density at radius 2 is 1.97 bits per heavy atom. The molecule has 0 aliphatic carbocycles. The summed E-state index contributed by atoms with van der Waals surface area (Å²) in [6, 6.07) is 17.5. The zero-order valence-electron chi connectivity index (χ0n) is 18.6. The number of fused-ring (bicyclic) bond motifs is 2. The summed E-state index contributed by atoms with van der Waals surface area (Å²) < 4.78 is 5.49. The van der Waals surface area contributed by atoms with Crippen LogP contribution in [0.2, 0.25) is 0 Å². The van der Waals surface area contributed by atoms with Crippen molar-refractivity contribution in [2.75, 3.05) is 7.05 Å². The third kappa shape index (κ3) is 3.10. The molecule has 5 aromatic rings. The third-order valence-corrected chi connectivity index (χ3v) is 7.70. The number of aromatic nitrogens is 2. The van der Waals surface area contributed by atoms with Gasteiger partial charge in [-0.15, -0.1) is 11.3 Å². The lowest BCUT2D eigenvalue weighted by atomic mass is 9.76. The van der Waals surface area contributed by atoms with Gasteiger partial charge in [0.2, 0.25) is 5.91 Å². The van der Waals surface area contributed by atoms with Gasteiger partial charge in [-0.3, -0.25) is 20.1 Å². The van der Waals surface area contributed by atoms with E-state index < -0.39 is 11.5 Å². The van der Waals surface area contributed by atoms with Crippen molar-refractivity contribution < 1.29 is 9.21 Å². The molecule has 1 saturated heterocycles. The number of carbonyl (C=O) groups excluding carboxylic acids is 1. The lowest BCUT2D eigenvalue weighted by molar-refractivity contribution is -0.131. The van der Waals surface area contributed by atoms with Crippen molar-refractivity contribution in [1.29, 1.82) is 5.41 Å². The van der Waals surface area contributed by atoms with Crippen molar-refractivity contribution in [2.45, 2.75) is 18.4 Å². The number of likely N-dealkylation sites (N-methyl/N-ethyl adjacent to an activating group) is 1. The quantitative estimate of drug-likeness (QED) is 0.385. The summed E-state index contributed by atoms with van der Waals surface area (Å²) in [5, 5.41) is 14.7. The number of rotatable bonds is 3. The first-order valence-electron chi connectivity index (χ1n) is 10.9. The van der Waals surface area contributed by atoms with Gasteiger partial charge in [0, 0.05) is 28.3 Å². The first kappa shape index (κ1) is 20.6. The van der Waals surface area contributed by atoms with Crippen molar-refractivity contribution >= 4 is 45.2 Å². The van der Waals surface area contributed by atoms with Gasteiger partial charge >= 0.3 is 0 Å². The topological polar surface area (TPSA) is 95.1 Å². The van der Waals surface area contributed by atoms with E-state index in [1.54, 1.807) is 30.8 Å². The van der Waals surface area contributed by atoms with Crippen molar-refractivity contribution in [3.63, 3.8) is 0 Å². The van der Waals surface area contributed by atoms with Crippen LogP contribution in [0.5, 0.6) is 0 Å². The van der Waals surface area contributed by atoms with Crippen LogP contribution in [0.4, 0.5) is 0 Å². The number of benzene rings is 2. The normalized spacial score (nSPS) is 20.8. The summed E-state index contributed by atoms with van der Waals surface area (Å²) in [5.74, 6) is -0.580. The van der Waals surface area contributed by atoms with Crippen molar-refractivity contribution in [1.82, 2.24) is 20.2 Å². The minimum atomic E-state index is -0.814. The van der Waals surface area contributed by atoms with E-state index in [-0.39, 0.29) is 11.9 Å². The molecule has 2 atom stereocenters. The first-order valence-corrected chi connectivity index (χ1v) is 11.7. The molecule has 168 valence electrons. The Morgan fingerprint density at radius 3 is 2.82 bits per heavy atom. The first-order chi connectivity index (χ1) is 16.4. The highest BCUT2D eigenvalue weighted by molar-refractivity contribution is 7.10. The van der Waals surface area contributed by atoms with E-state index in [2.05, 4.69) is 10.3 Å². The van der Waals surface area contributed by atoms with Crippen LogP contribution in [0.3, 0.4) is 0 Å². The summed E-state index contributed by atoms with van der Waals surface area (Å²) in [7, 11) is 1.63. The van der Waals surface area contributed by atoms with Crippen LogP contribution in [0.1, 0.15) is 23.3 Å². The smallest absolute Gasteiger partial charge is 0.239 e. The van der Waals surface area contributed by atoms with Gasteiger partial charge in [0.25, 0.3) is 0 Å². The van der Waals surface area contributed by atoms with Crippen LogP contribution >= 0.6 is 11.3 Å². The zero-order chi connectivity index (χ0) is 23.4. The standard InChI is InChI=1S/C26H21N5O2S/c1-26(22-12-17(14-34-22)20-13-28-18-5-3-4-6-19(18)29-20)23(24(32)31(2)25(27)30-26)16-7-8-21-15(11-16)9-10-33-21/h3-14,23H,1-2H3,(H2,27,30)/t23?,26-/m1/s1. The van der Waals surface area contributed by atoms with Gasteiger partial charge in [-0.1, -0.05) is 18.2 Å². The largest absolute Gasteiger partial charge is 0.464 e. The zero-order valence-corrected chi connectivity index (χ0v) is 19.4. The predicted octanol–water partition coefficient (Wildman–Crippen LogP) is 5.10. The van der Waals surface area contributed by atoms with Gasteiger partial charge in [-0.05, 0) is 48.9 Å². The van der Waals surface area contributed by atoms with E-state index in [0.29, 0.717) is 0 Å². The molecule has 1 aliphatic rings. The van der Waals surface area contributed by atoms with E-state index in [9.17, 15) is 4.79 Å². The number of nitrogens with one attached hydrogen (secondary N) is 2. The molecule has 1 unspecified atom stereocenters. The highest BCUT2D eigenvalue weighted by Gasteiger charge is 2.49. The number of carbonyl (C=O) groups is 1. The Kier molecular flexibility index (Phi) is 4.53. The van der Waals surface area contributed by atoms with Gasteiger partial charge in [-0.25, -0.2) is 4.98 Å². The lowest BCUT2D eigenvalue weighted by Gasteiger charge is -2.45. The van der Waals surface area contributed by atoms with Crippen LogP contribution < -0.4 is 5.32 Å². The summed E-state index contributed by atoms with van der Waals surface area (Å²) in [6.45, 7) is 1.98. The number of furan rings is 1. The van der Waals surface area contributed by atoms with E-state index in [1.807, 2.05) is 66.9 Å². The third-order valence-electron chi connectivity index (χ3n) is 6.53. The van der Waals surface area contributed by atoms with Crippen molar-refractivity contribution in [3.8, 4) is 11.3 Å². The van der Waals surface area contributed by atoms with Crippen LogP contribution in [0.25, 0.3) is 33.3 Å². The predicted molar refractivity (Wildman–Crippen MR) is 133 cm³/mol. The molecule has 2 N–H and O–H groups in total. The summed E-state index contributed by atoms with van der Waals surface area (Å²) >= 11 is 1.55. The Morgan fingerprint density at radius 1 is 1.15 bits per heavy atom. The minimum Gasteiger partial charge on any atom is -0.464 e. The Labute approximate surface area is 199 Å². The average Bonchev–Trinajstić information content (AvgIpc) is 3.52. The number of hydrogen-bond acceptors (Lipinski definition) is 6. The SMILES string of the molecule is CN1C(=N)N[C@](C)(c2cc(-c3cnc4ccccc4n3)cs2)C(c2ccc3occc3c2)C1=O. The van der Waals surface area contributed by atoms with Crippen molar-refractivity contribution in [3.05, 3.63) is 82.9 Å². The summed E-state index contributed by atoms with van der Waals surface area (Å²) in [4.78, 5) is 25.2. The molecule has 0 bridgehead atoms. The van der Waals surface area contributed by atoms with Crippen LogP contribution in [-0.4, -0.2) is 33.8 Å². The molecular weight excluding hydrogens is 446 g/mol. The molecule has 3 aromatic heterocycles. The van der Waals surface area contributed by atoms with E-state index in [4.69, 9.17) is 14.8 Å². The van der Waals surface area contributed by atoms with Gasteiger partial charge in [0.1, 0.15) is 5.58 Å². The highest BCUT2D eigenvalue weighted by Crippen LogP contribution is 2.44. The second kappa shape index (κ2) is 7.50. The Balaban J connectivity index is 1.46. The molecule has 4 heterocycles. The molecule has 34 heavy (non-hydrogen) atoms. The van der Waals surface area contributed by atoms with Gasteiger partial charge in [-0.2, -0.15) is 0 Å². The molecule has 6 rings (SSSR count). The van der Waals surface area contributed by atoms with Crippen LogP contribution in [-0.2, 0) is 10.3 Å². The molecule has 0 radical (unpaired) electrons. The van der Waals surface area contributed by atoms with Gasteiger partial charge in [0.05, 0.1) is 40.6 Å². The number of amides is 1. The minimum absolute atomic E-state index is 0.0774. The van der Waals surface area contributed by atoms with Gasteiger partial charge < -0.3 is 9.73 Å². The summed E-state index contributed by atoms with van der Waals surface area (Å²) in [6.07, 6.45) is 3.42. The van der Waals surface area contributed by atoms with Gasteiger partial charge in [0.15, 0.2) is 5.96 Å². The monoisotopic (exact) mass is 467 g/mol. The molecule has 0 saturated carbocycles. The molecule has 7 nitrogen and oxygen atoms in total.